The first-order valence-corrected chi connectivity index (χ1v) is 8.29. The standard InChI is InChI=1S/C19H16ClN3O3/c1-13(19(25)21-14-7-3-2-4-8-14)26-17(24)11-10-15-18(20)22-16-9-5-6-12-23(15)16/h2-13H,1H3,(H,21,25)/b11-10+/t13-/m1/s1. The molecular weight excluding hydrogens is 354 g/mol. The van der Waals surface area contributed by atoms with Crippen LogP contribution >= 0.6 is 11.6 Å². The molecule has 3 aromatic rings. The van der Waals surface area contributed by atoms with E-state index in [9.17, 15) is 9.59 Å². The molecule has 0 unspecified atom stereocenters. The van der Waals surface area contributed by atoms with Crippen molar-refractivity contribution in [2.75, 3.05) is 5.32 Å². The van der Waals surface area contributed by atoms with Gasteiger partial charge in [-0.15, -0.1) is 0 Å². The van der Waals surface area contributed by atoms with Crippen LogP contribution in [0.4, 0.5) is 5.69 Å². The molecule has 0 spiro atoms. The highest BCUT2D eigenvalue weighted by Gasteiger charge is 2.17. The van der Waals surface area contributed by atoms with E-state index >= 15 is 0 Å². The zero-order chi connectivity index (χ0) is 18.5. The first kappa shape index (κ1) is 17.7. The van der Waals surface area contributed by atoms with Crippen LogP contribution in [0.25, 0.3) is 11.7 Å². The van der Waals surface area contributed by atoms with Crippen LogP contribution in [-0.2, 0) is 14.3 Å². The number of para-hydroxylation sites is 1. The number of hydrogen-bond acceptors (Lipinski definition) is 4. The average Bonchev–Trinajstić information content (AvgIpc) is 2.96. The van der Waals surface area contributed by atoms with Gasteiger partial charge in [-0.25, -0.2) is 9.78 Å². The average molecular weight is 370 g/mol. The number of ether oxygens (including phenoxy) is 1. The van der Waals surface area contributed by atoms with Crippen LogP contribution in [0.2, 0.25) is 5.15 Å². The fourth-order valence-corrected chi connectivity index (χ4v) is 2.56. The number of halogens is 1. The Kier molecular flexibility index (Phi) is 5.34. The van der Waals surface area contributed by atoms with Gasteiger partial charge in [0.1, 0.15) is 5.65 Å². The van der Waals surface area contributed by atoms with Gasteiger partial charge in [-0.1, -0.05) is 35.9 Å². The highest BCUT2D eigenvalue weighted by molar-refractivity contribution is 6.31. The molecule has 7 heteroatoms. The molecule has 1 atom stereocenters. The van der Waals surface area contributed by atoms with E-state index in [0.717, 1.165) is 0 Å². The molecule has 2 aromatic heterocycles. The Labute approximate surface area is 155 Å². The molecule has 0 saturated carbocycles. The Balaban J connectivity index is 1.63. The minimum atomic E-state index is -0.940. The topological polar surface area (TPSA) is 72.7 Å². The van der Waals surface area contributed by atoms with E-state index < -0.39 is 18.0 Å². The van der Waals surface area contributed by atoms with E-state index in [-0.39, 0.29) is 5.15 Å². The molecule has 0 aliphatic rings. The summed E-state index contributed by atoms with van der Waals surface area (Å²) >= 11 is 6.10. The van der Waals surface area contributed by atoms with E-state index in [1.807, 2.05) is 18.2 Å². The van der Waals surface area contributed by atoms with Gasteiger partial charge in [0.15, 0.2) is 11.3 Å². The van der Waals surface area contributed by atoms with Crippen molar-refractivity contribution in [1.82, 2.24) is 9.38 Å². The number of amides is 1. The highest BCUT2D eigenvalue weighted by atomic mass is 35.5. The second-order valence-corrected chi connectivity index (χ2v) is 5.84. The number of benzene rings is 1. The Hall–Kier alpha value is -3.12. The molecule has 0 fully saturated rings. The third-order valence-corrected chi connectivity index (χ3v) is 3.88. The number of aromatic nitrogens is 2. The van der Waals surface area contributed by atoms with Crippen molar-refractivity contribution in [3.8, 4) is 0 Å². The Morgan fingerprint density at radius 3 is 2.69 bits per heavy atom. The van der Waals surface area contributed by atoms with E-state index in [2.05, 4.69) is 10.3 Å². The van der Waals surface area contributed by atoms with Crippen molar-refractivity contribution in [2.24, 2.45) is 0 Å². The van der Waals surface area contributed by atoms with Crippen molar-refractivity contribution in [3.05, 3.63) is 71.7 Å². The molecule has 6 nitrogen and oxygen atoms in total. The van der Waals surface area contributed by atoms with Crippen molar-refractivity contribution in [3.63, 3.8) is 0 Å². The molecule has 0 aliphatic carbocycles. The lowest BCUT2D eigenvalue weighted by Crippen LogP contribution is -2.29. The third-order valence-electron chi connectivity index (χ3n) is 3.60. The fraction of sp³-hybridized carbons (Fsp3) is 0.105. The molecule has 0 bridgehead atoms. The monoisotopic (exact) mass is 369 g/mol. The van der Waals surface area contributed by atoms with Crippen LogP contribution in [0.5, 0.6) is 0 Å². The van der Waals surface area contributed by atoms with Crippen molar-refractivity contribution >= 4 is 40.9 Å². The minimum absolute atomic E-state index is 0.273. The lowest BCUT2D eigenvalue weighted by molar-refractivity contribution is -0.148. The van der Waals surface area contributed by atoms with Crippen LogP contribution in [0.3, 0.4) is 0 Å². The van der Waals surface area contributed by atoms with Gasteiger partial charge in [-0.3, -0.25) is 9.20 Å². The normalized spacial score (nSPS) is 12.2. The number of nitrogens with one attached hydrogen (secondary N) is 1. The Bertz CT molecular complexity index is 967. The molecular formula is C19H16ClN3O3. The van der Waals surface area contributed by atoms with Crippen molar-refractivity contribution < 1.29 is 14.3 Å². The van der Waals surface area contributed by atoms with Crippen molar-refractivity contribution in [2.45, 2.75) is 13.0 Å². The summed E-state index contributed by atoms with van der Waals surface area (Å²) in [4.78, 5) is 28.2. The molecule has 1 N–H and O–H groups in total. The van der Waals surface area contributed by atoms with Gasteiger partial charge in [-0.05, 0) is 37.3 Å². The van der Waals surface area contributed by atoms with Gasteiger partial charge in [-0.2, -0.15) is 0 Å². The maximum absolute atomic E-state index is 12.1. The maximum Gasteiger partial charge on any atom is 0.331 e. The quantitative estimate of drug-likeness (QED) is 0.551. The maximum atomic E-state index is 12.1. The van der Waals surface area contributed by atoms with Gasteiger partial charge in [0.2, 0.25) is 0 Å². The largest absolute Gasteiger partial charge is 0.449 e. The highest BCUT2D eigenvalue weighted by Crippen LogP contribution is 2.19. The Morgan fingerprint density at radius 1 is 1.19 bits per heavy atom. The van der Waals surface area contributed by atoms with Crippen LogP contribution in [-0.4, -0.2) is 27.4 Å². The SMILES string of the molecule is C[C@@H](OC(=O)/C=C/c1c(Cl)nc2ccccn12)C(=O)Nc1ccccc1. The minimum Gasteiger partial charge on any atom is -0.449 e. The summed E-state index contributed by atoms with van der Waals surface area (Å²) in [5, 5.41) is 2.95. The fourth-order valence-electron chi connectivity index (χ4n) is 2.31. The smallest absolute Gasteiger partial charge is 0.331 e. The number of carbonyl (C=O) groups excluding carboxylic acids is 2. The zero-order valence-corrected chi connectivity index (χ0v) is 14.7. The van der Waals surface area contributed by atoms with Gasteiger partial charge in [0, 0.05) is 18.0 Å². The molecule has 26 heavy (non-hydrogen) atoms. The van der Waals surface area contributed by atoms with Crippen LogP contribution in [0.1, 0.15) is 12.6 Å². The van der Waals surface area contributed by atoms with Gasteiger partial charge in [0.25, 0.3) is 5.91 Å². The lowest BCUT2D eigenvalue weighted by Gasteiger charge is -2.12. The molecule has 1 amide bonds. The molecule has 1 aromatic carbocycles. The van der Waals surface area contributed by atoms with Gasteiger partial charge < -0.3 is 10.1 Å². The third kappa shape index (κ3) is 4.10. The predicted octanol–water partition coefficient (Wildman–Crippen LogP) is 3.57. The number of hydrogen-bond donors (Lipinski definition) is 1. The molecule has 2 heterocycles. The number of pyridine rings is 1. The number of imidazole rings is 1. The first-order chi connectivity index (χ1) is 12.5. The summed E-state index contributed by atoms with van der Waals surface area (Å²) in [5.74, 6) is -1.06. The summed E-state index contributed by atoms with van der Waals surface area (Å²) in [5.41, 5.74) is 1.86. The molecule has 132 valence electrons. The van der Waals surface area contributed by atoms with E-state index in [1.54, 1.807) is 40.9 Å². The molecule has 0 saturated heterocycles. The first-order valence-electron chi connectivity index (χ1n) is 7.92. The number of carbonyl (C=O) groups is 2. The van der Waals surface area contributed by atoms with Crippen LogP contribution in [0, 0.1) is 0 Å². The number of esters is 1. The number of fused-ring (bicyclic) bond motifs is 1. The van der Waals surface area contributed by atoms with Crippen LogP contribution in [0.15, 0.2) is 60.8 Å². The lowest BCUT2D eigenvalue weighted by atomic mass is 10.3. The second-order valence-electron chi connectivity index (χ2n) is 5.48. The second kappa shape index (κ2) is 7.84. The summed E-state index contributed by atoms with van der Waals surface area (Å²) in [6, 6.07) is 14.4. The molecule has 0 radical (unpaired) electrons. The number of nitrogens with zero attached hydrogens (tertiary/aromatic N) is 2. The summed E-state index contributed by atoms with van der Waals surface area (Å²) in [6.07, 6.45) is 3.57. The zero-order valence-electron chi connectivity index (χ0n) is 13.9. The molecule has 3 rings (SSSR count). The van der Waals surface area contributed by atoms with Gasteiger partial charge in [0.05, 0.1) is 5.69 Å². The Morgan fingerprint density at radius 2 is 1.92 bits per heavy atom. The number of rotatable bonds is 5. The summed E-state index contributed by atoms with van der Waals surface area (Å²) < 4.78 is 6.87. The number of anilines is 1. The molecule has 0 aliphatic heterocycles. The van der Waals surface area contributed by atoms with E-state index in [1.165, 1.54) is 19.1 Å². The predicted molar refractivity (Wildman–Crippen MR) is 99.9 cm³/mol. The summed E-state index contributed by atoms with van der Waals surface area (Å²) in [7, 11) is 0. The van der Waals surface area contributed by atoms with E-state index in [4.69, 9.17) is 16.3 Å². The summed E-state index contributed by atoms with van der Waals surface area (Å²) in [6.45, 7) is 1.51. The van der Waals surface area contributed by atoms with Crippen molar-refractivity contribution in [1.29, 1.82) is 0 Å². The van der Waals surface area contributed by atoms with Crippen LogP contribution < -0.4 is 5.32 Å². The van der Waals surface area contributed by atoms with Gasteiger partial charge >= 0.3 is 5.97 Å². The van der Waals surface area contributed by atoms with E-state index in [0.29, 0.717) is 17.0 Å².